The van der Waals surface area contributed by atoms with Crippen molar-refractivity contribution in [3.05, 3.63) is 35.5 Å². The maximum Gasteiger partial charge on any atom is 0.133 e. The molecule has 1 saturated heterocycles. The third-order valence-electron chi connectivity index (χ3n) is 5.40. The van der Waals surface area contributed by atoms with Crippen LogP contribution in [0.1, 0.15) is 48.7 Å². The van der Waals surface area contributed by atoms with E-state index in [4.69, 9.17) is 4.98 Å². The first-order valence-electron chi connectivity index (χ1n) is 8.97. The van der Waals surface area contributed by atoms with Gasteiger partial charge in [0.15, 0.2) is 0 Å². The van der Waals surface area contributed by atoms with Crippen molar-refractivity contribution in [3.63, 3.8) is 0 Å². The largest absolute Gasteiger partial charge is 0.356 e. The lowest BCUT2D eigenvalue weighted by Gasteiger charge is -2.37. The minimum absolute atomic E-state index is 0.564. The molecule has 6 nitrogen and oxygen atoms in total. The van der Waals surface area contributed by atoms with Gasteiger partial charge in [-0.25, -0.2) is 9.97 Å². The summed E-state index contributed by atoms with van der Waals surface area (Å²) in [7, 11) is 2.18. The van der Waals surface area contributed by atoms with E-state index in [0.29, 0.717) is 12.0 Å². The fraction of sp³-hybridized carbons (Fsp3) is 0.611. The predicted octanol–water partition coefficient (Wildman–Crippen LogP) is 2.49. The molecule has 2 fully saturated rings. The van der Waals surface area contributed by atoms with Crippen molar-refractivity contribution in [2.45, 2.75) is 51.1 Å². The molecular weight excluding hydrogens is 300 g/mol. The molecular formula is C18H26N6. The summed E-state index contributed by atoms with van der Waals surface area (Å²) in [6.45, 7) is 5.34. The molecule has 24 heavy (non-hydrogen) atoms. The van der Waals surface area contributed by atoms with Gasteiger partial charge in [0.1, 0.15) is 11.6 Å². The van der Waals surface area contributed by atoms with Crippen molar-refractivity contribution in [2.75, 3.05) is 25.0 Å². The van der Waals surface area contributed by atoms with Crippen LogP contribution in [0.5, 0.6) is 0 Å². The van der Waals surface area contributed by atoms with Gasteiger partial charge in [0.05, 0.1) is 6.20 Å². The lowest BCUT2D eigenvalue weighted by molar-refractivity contribution is 0.203. The van der Waals surface area contributed by atoms with E-state index in [-0.39, 0.29) is 0 Å². The van der Waals surface area contributed by atoms with E-state index >= 15 is 0 Å². The van der Waals surface area contributed by atoms with Crippen LogP contribution >= 0.6 is 0 Å². The summed E-state index contributed by atoms with van der Waals surface area (Å²) < 4.78 is 0. The number of piperidine rings is 1. The van der Waals surface area contributed by atoms with Crippen LogP contribution in [-0.4, -0.2) is 51.2 Å². The van der Waals surface area contributed by atoms with Crippen molar-refractivity contribution < 1.29 is 0 Å². The molecule has 0 unspecified atom stereocenters. The number of hydrogen-bond donors (Lipinski definition) is 1. The molecule has 0 spiro atoms. The SMILES string of the molecule is Cc1[nH]ncc1CN1CCC(N(C)c2ccnc(C3CC3)n2)CC1. The molecule has 0 bridgehead atoms. The summed E-state index contributed by atoms with van der Waals surface area (Å²) in [4.78, 5) is 14.1. The molecule has 3 heterocycles. The second kappa shape index (κ2) is 6.51. The quantitative estimate of drug-likeness (QED) is 0.915. The van der Waals surface area contributed by atoms with Crippen molar-refractivity contribution in [1.29, 1.82) is 0 Å². The number of likely N-dealkylation sites (tertiary alicyclic amines) is 1. The molecule has 2 aromatic rings. The van der Waals surface area contributed by atoms with Gasteiger partial charge in [-0.05, 0) is 38.7 Å². The second-order valence-electron chi connectivity index (χ2n) is 7.19. The number of nitrogens with zero attached hydrogens (tertiary/aromatic N) is 5. The number of H-pyrrole nitrogens is 1. The minimum Gasteiger partial charge on any atom is -0.356 e. The lowest BCUT2D eigenvalue weighted by Crippen LogP contribution is -2.43. The van der Waals surface area contributed by atoms with Gasteiger partial charge >= 0.3 is 0 Å². The number of aryl methyl sites for hydroxylation is 1. The molecule has 1 N–H and O–H groups in total. The van der Waals surface area contributed by atoms with Crippen molar-refractivity contribution in [1.82, 2.24) is 25.1 Å². The maximum atomic E-state index is 4.79. The molecule has 1 saturated carbocycles. The van der Waals surface area contributed by atoms with Crippen molar-refractivity contribution in [2.24, 2.45) is 0 Å². The molecule has 0 atom stereocenters. The van der Waals surface area contributed by atoms with E-state index in [2.05, 4.69) is 39.0 Å². The molecule has 0 radical (unpaired) electrons. The average molecular weight is 326 g/mol. The summed E-state index contributed by atoms with van der Waals surface area (Å²) in [5.41, 5.74) is 2.49. The Balaban J connectivity index is 1.35. The normalized spacial score (nSPS) is 19.6. The third kappa shape index (κ3) is 3.29. The lowest BCUT2D eigenvalue weighted by atomic mass is 10.0. The van der Waals surface area contributed by atoms with E-state index in [1.165, 1.54) is 36.9 Å². The molecule has 0 amide bonds. The van der Waals surface area contributed by atoms with Gasteiger partial charge in [0.25, 0.3) is 0 Å². The van der Waals surface area contributed by atoms with Crippen molar-refractivity contribution >= 4 is 5.82 Å². The van der Waals surface area contributed by atoms with Crippen molar-refractivity contribution in [3.8, 4) is 0 Å². The summed E-state index contributed by atoms with van der Waals surface area (Å²) in [5.74, 6) is 2.72. The summed E-state index contributed by atoms with van der Waals surface area (Å²) in [6.07, 6.45) is 8.72. The van der Waals surface area contributed by atoms with Gasteiger partial charge in [-0.2, -0.15) is 5.10 Å². The van der Waals surface area contributed by atoms with E-state index in [1.54, 1.807) is 0 Å². The molecule has 0 aromatic carbocycles. The Bertz CT molecular complexity index is 684. The number of aromatic nitrogens is 4. The average Bonchev–Trinajstić information content (AvgIpc) is 3.39. The maximum absolute atomic E-state index is 4.79. The van der Waals surface area contributed by atoms with E-state index in [1.807, 2.05) is 18.5 Å². The summed E-state index contributed by atoms with van der Waals surface area (Å²) in [5, 5.41) is 7.15. The van der Waals surface area contributed by atoms with Gasteiger partial charge in [-0.1, -0.05) is 0 Å². The van der Waals surface area contributed by atoms with Crippen LogP contribution in [0.15, 0.2) is 18.5 Å². The fourth-order valence-corrected chi connectivity index (χ4v) is 3.53. The fourth-order valence-electron chi connectivity index (χ4n) is 3.53. The highest BCUT2D eigenvalue weighted by Crippen LogP contribution is 2.38. The Morgan fingerprint density at radius 1 is 1.25 bits per heavy atom. The Hall–Kier alpha value is -1.95. The molecule has 1 aliphatic carbocycles. The van der Waals surface area contributed by atoms with Crippen LogP contribution in [0, 0.1) is 6.92 Å². The van der Waals surface area contributed by atoms with Gasteiger partial charge in [0, 0.05) is 56.1 Å². The Morgan fingerprint density at radius 3 is 2.71 bits per heavy atom. The molecule has 1 aliphatic heterocycles. The molecule has 128 valence electrons. The zero-order valence-electron chi connectivity index (χ0n) is 14.6. The smallest absolute Gasteiger partial charge is 0.133 e. The zero-order chi connectivity index (χ0) is 16.5. The number of aromatic amines is 1. The van der Waals surface area contributed by atoms with Gasteiger partial charge in [0.2, 0.25) is 0 Å². The minimum atomic E-state index is 0.564. The van der Waals surface area contributed by atoms with Crippen LogP contribution in [0.2, 0.25) is 0 Å². The summed E-state index contributed by atoms with van der Waals surface area (Å²) >= 11 is 0. The molecule has 2 aromatic heterocycles. The first kappa shape index (κ1) is 15.6. The first-order chi connectivity index (χ1) is 11.7. The predicted molar refractivity (Wildman–Crippen MR) is 94.0 cm³/mol. The Kier molecular flexibility index (Phi) is 4.22. The molecule has 4 rings (SSSR count). The summed E-state index contributed by atoms with van der Waals surface area (Å²) in [6, 6.07) is 2.61. The highest BCUT2D eigenvalue weighted by Gasteiger charge is 2.28. The number of anilines is 1. The number of rotatable bonds is 5. The zero-order valence-corrected chi connectivity index (χ0v) is 14.6. The molecule has 6 heteroatoms. The molecule has 2 aliphatic rings. The third-order valence-corrected chi connectivity index (χ3v) is 5.40. The van der Waals surface area contributed by atoms with Gasteiger partial charge in [-0.3, -0.25) is 10.00 Å². The van der Waals surface area contributed by atoms with E-state index < -0.39 is 0 Å². The van der Waals surface area contributed by atoms with Crippen LogP contribution in [0.25, 0.3) is 0 Å². The standard InChI is InChI=1S/C18H26N6/c1-13-15(11-20-22-13)12-24-9-6-16(7-10-24)23(2)17-5-8-19-18(21-17)14-3-4-14/h5,8,11,14,16H,3-4,6-7,9-10,12H2,1-2H3,(H,20,22). The second-order valence-corrected chi connectivity index (χ2v) is 7.19. The van der Waals surface area contributed by atoms with Crippen LogP contribution in [-0.2, 0) is 6.54 Å². The Labute approximate surface area is 143 Å². The highest BCUT2D eigenvalue weighted by atomic mass is 15.2. The van der Waals surface area contributed by atoms with Crippen LogP contribution < -0.4 is 4.90 Å². The number of nitrogens with one attached hydrogen (secondary N) is 1. The van der Waals surface area contributed by atoms with Gasteiger partial charge < -0.3 is 4.90 Å². The van der Waals surface area contributed by atoms with E-state index in [9.17, 15) is 0 Å². The number of hydrogen-bond acceptors (Lipinski definition) is 5. The van der Waals surface area contributed by atoms with E-state index in [0.717, 1.165) is 31.3 Å². The topological polar surface area (TPSA) is 60.9 Å². The Morgan fingerprint density at radius 2 is 2.04 bits per heavy atom. The van der Waals surface area contributed by atoms with Crippen LogP contribution in [0.4, 0.5) is 5.82 Å². The highest BCUT2D eigenvalue weighted by molar-refractivity contribution is 5.38. The first-order valence-corrected chi connectivity index (χ1v) is 8.97. The van der Waals surface area contributed by atoms with Crippen LogP contribution in [0.3, 0.4) is 0 Å². The van der Waals surface area contributed by atoms with Gasteiger partial charge in [-0.15, -0.1) is 0 Å². The monoisotopic (exact) mass is 326 g/mol.